The summed E-state index contributed by atoms with van der Waals surface area (Å²) < 4.78 is 5.35. The zero-order valence-electron chi connectivity index (χ0n) is 11.8. The van der Waals surface area contributed by atoms with Crippen molar-refractivity contribution in [3.05, 3.63) is 23.8 Å². The van der Waals surface area contributed by atoms with Crippen molar-refractivity contribution in [2.75, 3.05) is 31.6 Å². The largest absolute Gasteiger partial charge is 0.481 e. The van der Waals surface area contributed by atoms with E-state index in [0.717, 1.165) is 0 Å². The maximum absolute atomic E-state index is 12.3. The van der Waals surface area contributed by atoms with Crippen LogP contribution in [-0.2, 0) is 4.79 Å². The van der Waals surface area contributed by atoms with E-state index >= 15 is 0 Å². The first kappa shape index (κ1) is 16.5. The fourth-order valence-corrected chi connectivity index (χ4v) is 2.54. The highest BCUT2D eigenvalue weighted by Crippen LogP contribution is 2.31. The summed E-state index contributed by atoms with van der Waals surface area (Å²) in [5, 5.41) is 18.2. The van der Waals surface area contributed by atoms with Crippen molar-refractivity contribution in [2.45, 2.75) is 6.10 Å². The van der Waals surface area contributed by atoms with E-state index in [1.807, 2.05) is 0 Å². The number of rotatable bonds is 3. The van der Waals surface area contributed by atoms with Gasteiger partial charge < -0.3 is 25.8 Å². The summed E-state index contributed by atoms with van der Waals surface area (Å²) in [5.41, 5.74) is 0.884. The third-order valence-corrected chi connectivity index (χ3v) is 3.71. The quantitative estimate of drug-likeness (QED) is 0.613. The van der Waals surface area contributed by atoms with E-state index in [1.54, 1.807) is 18.2 Å². The zero-order valence-corrected chi connectivity index (χ0v) is 12.6. The maximum Gasteiger partial charge on any atom is 0.262 e. The third-order valence-electron chi connectivity index (χ3n) is 3.71. The molecule has 1 fully saturated rings. The number of anilines is 1. The first-order valence-electron chi connectivity index (χ1n) is 6.88. The molecule has 1 aromatic carbocycles. The Balaban J connectivity index is 0.00000176. The minimum absolute atomic E-state index is 0. The van der Waals surface area contributed by atoms with Crippen LogP contribution in [0.25, 0.3) is 0 Å². The maximum atomic E-state index is 12.3. The molecule has 1 saturated heterocycles. The third kappa shape index (κ3) is 3.32. The number of aliphatic hydroxyl groups is 1. The van der Waals surface area contributed by atoms with E-state index in [2.05, 4.69) is 16.0 Å². The normalized spacial score (nSPS) is 22.9. The SMILES string of the molecule is Cl.O=C1COc2c(cccc2C(=O)NCC2CNCC2O)N1. The molecule has 4 N–H and O–H groups in total. The van der Waals surface area contributed by atoms with Gasteiger partial charge in [0.05, 0.1) is 17.4 Å². The van der Waals surface area contributed by atoms with E-state index in [1.165, 1.54) is 0 Å². The Labute approximate surface area is 133 Å². The van der Waals surface area contributed by atoms with E-state index in [4.69, 9.17) is 4.74 Å². The van der Waals surface area contributed by atoms with E-state index in [9.17, 15) is 14.7 Å². The summed E-state index contributed by atoms with van der Waals surface area (Å²) in [7, 11) is 0. The fraction of sp³-hybridized carbons (Fsp3) is 0.429. The van der Waals surface area contributed by atoms with Crippen LogP contribution in [0.5, 0.6) is 5.75 Å². The fourth-order valence-electron chi connectivity index (χ4n) is 2.54. The number of hydrogen-bond donors (Lipinski definition) is 4. The van der Waals surface area contributed by atoms with Gasteiger partial charge in [-0.25, -0.2) is 0 Å². The van der Waals surface area contributed by atoms with Crippen molar-refractivity contribution in [3.8, 4) is 5.75 Å². The number of fused-ring (bicyclic) bond motifs is 1. The topological polar surface area (TPSA) is 99.7 Å². The molecule has 0 aromatic heterocycles. The van der Waals surface area contributed by atoms with Crippen LogP contribution in [-0.4, -0.2) is 49.3 Å². The van der Waals surface area contributed by atoms with Crippen molar-refractivity contribution in [3.63, 3.8) is 0 Å². The number of benzene rings is 1. The number of ether oxygens (including phenoxy) is 1. The predicted molar refractivity (Wildman–Crippen MR) is 82.5 cm³/mol. The highest BCUT2D eigenvalue weighted by Gasteiger charge is 2.27. The molecule has 0 saturated carbocycles. The molecule has 0 radical (unpaired) electrons. The number of hydrogen-bond acceptors (Lipinski definition) is 5. The van der Waals surface area contributed by atoms with E-state index in [-0.39, 0.29) is 36.7 Å². The average molecular weight is 328 g/mol. The Morgan fingerprint density at radius 1 is 1.41 bits per heavy atom. The minimum atomic E-state index is -0.439. The second-order valence-electron chi connectivity index (χ2n) is 5.21. The highest BCUT2D eigenvalue weighted by molar-refractivity contribution is 6.03. The number of halogens is 1. The molecule has 2 unspecified atom stereocenters. The number of amides is 2. The summed E-state index contributed by atoms with van der Waals surface area (Å²) in [6.45, 7) is 1.53. The van der Waals surface area contributed by atoms with Gasteiger partial charge in [0.1, 0.15) is 0 Å². The molecule has 0 spiro atoms. The lowest BCUT2D eigenvalue weighted by atomic mass is 10.1. The number of β-amino-alcohol motifs (C(OH)–C–C–N with tert-alkyl or cyclic N) is 1. The monoisotopic (exact) mass is 327 g/mol. The van der Waals surface area contributed by atoms with Crippen molar-refractivity contribution >= 4 is 29.9 Å². The van der Waals surface area contributed by atoms with E-state index < -0.39 is 6.10 Å². The lowest BCUT2D eigenvalue weighted by Gasteiger charge is -2.21. The number of aliphatic hydroxyl groups excluding tert-OH is 1. The van der Waals surface area contributed by atoms with Gasteiger partial charge in [-0.15, -0.1) is 12.4 Å². The summed E-state index contributed by atoms with van der Waals surface area (Å²) in [6.07, 6.45) is -0.439. The molecular formula is C14H18ClN3O4. The van der Waals surface area contributed by atoms with Gasteiger partial charge in [-0.2, -0.15) is 0 Å². The van der Waals surface area contributed by atoms with Gasteiger partial charge in [-0.3, -0.25) is 9.59 Å². The molecule has 0 bridgehead atoms. The zero-order chi connectivity index (χ0) is 14.8. The van der Waals surface area contributed by atoms with Crippen LogP contribution in [0.4, 0.5) is 5.69 Å². The van der Waals surface area contributed by atoms with Crippen LogP contribution in [0.2, 0.25) is 0 Å². The number of carbonyl (C=O) groups excluding carboxylic acids is 2. The summed E-state index contributed by atoms with van der Waals surface area (Å²) >= 11 is 0. The number of nitrogens with one attached hydrogen (secondary N) is 3. The van der Waals surface area contributed by atoms with Crippen LogP contribution in [0.3, 0.4) is 0 Å². The molecular weight excluding hydrogens is 310 g/mol. The predicted octanol–water partition coefficient (Wildman–Crippen LogP) is -0.251. The second-order valence-corrected chi connectivity index (χ2v) is 5.21. The lowest BCUT2D eigenvalue weighted by molar-refractivity contribution is -0.118. The van der Waals surface area contributed by atoms with Gasteiger partial charge in [0.25, 0.3) is 11.8 Å². The molecule has 7 nitrogen and oxygen atoms in total. The van der Waals surface area contributed by atoms with Gasteiger partial charge in [0.2, 0.25) is 0 Å². The lowest BCUT2D eigenvalue weighted by Crippen LogP contribution is -2.35. The van der Waals surface area contributed by atoms with Crippen molar-refractivity contribution in [1.29, 1.82) is 0 Å². The summed E-state index contributed by atoms with van der Waals surface area (Å²) in [6, 6.07) is 5.03. The smallest absolute Gasteiger partial charge is 0.262 e. The Morgan fingerprint density at radius 3 is 2.95 bits per heavy atom. The Kier molecular flexibility index (Phi) is 5.23. The van der Waals surface area contributed by atoms with Gasteiger partial charge >= 0.3 is 0 Å². The highest BCUT2D eigenvalue weighted by atomic mass is 35.5. The van der Waals surface area contributed by atoms with Crippen LogP contribution in [0.15, 0.2) is 18.2 Å². The molecule has 2 heterocycles. The molecule has 8 heteroatoms. The van der Waals surface area contributed by atoms with Crippen LogP contribution >= 0.6 is 12.4 Å². The van der Waals surface area contributed by atoms with E-state index in [0.29, 0.717) is 36.6 Å². The molecule has 1 aromatic rings. The van der Waals surface area contributed by atoms with Gasteiger partial charge in [0, 0.05) is 25.6 Å². The Hall–Kier alpha value is -1.83. The van der Waals surface area contributed by atoms with Crippen molar-refractivity contribution in [2.24, 2.45) is 5.92 Å². The molecule has 22 heavy (non-hydrogen) atoms. The van der Waals surface area contributed by atoms with Crippen LogP contribution in [0.1, 0.15) is 10.4 Å². The molecule has 0 aliphatic carbocycles. The number of para-hydroxylation sites is 1. The standard InChI is InChI=1S/C14H17N3O4.ClH/c18-11-6-15-4-8(11)5-16-14(20)9-2-1-3-10-13(9)21-7-12(19)17-10;/h1-3,8,11,15,18H,4-7H2,(H,16,20)(H,17,19);1H. The molecule has 2 amide bonds. The first-order valence-corrected chi connectivity index (χ1v) is 6.88. The van der Waals surface area contributed by atoms with Gasteiger partial charge in [-0.05, 0) is 12.1 Å². The van der Waals surface area contributed by atoms with Crippen molar-refractivity contribution in [1.82, 2.24) is 10.6 Å². The molecule has 2 atom stereocenters. The summed E-state index contributed by atoms with van der Waals surface area (Å²) in [5.74, 6) is -0.115. The van der Waals surface area contributed by atoms with Gasteiger partial charge in [-0.1, -0.05) is 6.07 Å². The Morgan fingerprint density at radius 2 is 2.23 bits per heavy atom. The average Bonchev–Trinajstić information content (AvgIpc) is 2.89. The summed E-state index contributed by atoms with van der Waals surface area (Å²) in [4.78, 5) is 23.5. The molecule has 120 valence electrons. The van der Waals surface area contributed by atoms with Crippen LogP contribution < -0.4 is 20.7 Å². The number of carbonyl (C=O) groups is 2. The molecule has 2 aliphatic rings. The first-order chi connectivity index (χ1) is 10.1. The van der Waals surface area contributed by atoms with Gasteiger partial charge in [0.15, 0.2) is 12.4 Å². The molecule has 3 rings (SSSR count). The Bertz CT molecular complexity index is 581. The molecule has 2 aliphatic heterocycles. The second kappa shape index (κ2) is 6.95. The minimum Gasteiger partial charge on any atom is -0.481 e. The van der Waals surface area contributed by atoms with Crippen molar-refractivity contribution < 1.29 is 19.4 Å². The van der Waals surface area contributed by atoms with Crippen LogP contribution in [0, 0.1) is 5.92 Å².